The van der Waals surface area contributed by atoms with Crippen molar-refractivity contribution in [3.05, 3.63) is 52.6 Å². The Kier molecular flexibility index (Phi) is 5.21. The molecule has 1 saturated carbocycles. The number of thioether (sulfide) groups is 1. The van der Waals surface area contributed by atoms with Gasteiger partial charge in [-0.25, -0.2) is 9.97 Å². The fraction of sp³-hybridized carbons (Fsp3) is 0.222. The maximum Gasteiger partial charge on any atom is 0.254 e. The number of anilines is 3. The zero-order valence-electron chi connectivity index (χ0n) is 14.4. The number of nitrogens with two attached hydrogens (primary N) is 1. The summed E-state index contributed by atoms with van der Waals surface area (Å²) in [4.78, 5) is 25.6. The largest absolute Gasteiger partial charge is 0.367 e. The molecule has 0 bridgehead atoms. The molecule has 1 fully saturated rings. The molecule has 138 valence electrons. The van der Waals surface area contributed by atoms with E-state index in [2.05, 4.69) is 31.0 Å². The summed E-state index contributed by atoms with van der Waals surface area (Å²) < 4.78 is 0. The molecule has 1 amide bonds. The molecule has 0 spiro atoms. The maximum atomic E-state index is 11.6. The lowest BCUT2D eigenvalue weighted by molar-refractivity contribution is 0.100. The molecule has 0 radical (unpaired) electrons. The molecule has 4 N–H and O–H groups in total. The number of thiazole rings is 1. The maximum absolute atomic E-state index is 11.6. The van der Waals surface area contributed by atoms with E-state index in [-0.39, 0.29) is 0 Å². The normalized spacial score (nSPS) is 13.3. The Morgan fingerprint density at radius 2 is 2.07 bits per heavy atom. The highest BCUT2D eigenvalue weighted by Crippen LogP contribution is 2.27. The average molecular weight is 399 g/mol. The Balaban J connectivity index is 1.42. The van der Waals surface area contributed by atoms with Crippen molar-refractivity contribution in [1.82, 2.24) is 15.0 Å². The second kappa shape index (κ2) is 7.93. The van der Waals surface area contributed by atoms with Crippen molar-refractivity contribution < 1.29 is 4.79 Å². The van der Waals surface area contributed by atoms with Crippen molar-refractivity contribution in [2.24, 2.45) is 5.73 Å². The van der Waals surface area contributed by atoms with E-state index < -0.39 is 5.91 Å². The van der Waals surface area contributed by atoms with Crippen LogP contribution >= 0.6 is 23.1 Å². The molecule has 0 aliphatic heterocycles. The van der Waals surface area contributed by atoms with Gasteiger partial charge in [0.05, 0.1) is 16.8 Å². The number of rotatable bonds is 8. The summed E-state index contributed by atoms with van der Waals surface area (Å²) in [6.07, 6.45) is 3.61. The van der Waals surface area contributed by atoms with Crippen LogP contribution in [0.25, 0.3) is 0 Å². The monoisotopic (exact) mass is 398 g/mol. The van der Waals surface area contributed by atoms with Crippen LogP contribution in [0.1, 0.15) is 28.9 Å². The first-order valence-corrected chi connectivity index (χ1v) is 10.4. The molecule has 27 heavy (non-hydrogen) atoms. The third-order valence-corrected chi connectivity index (χ3v) is 5.63. The molecule has 2 aromatic heterocycles. The van der Waals surface area contributed by atoms with Crippen molar-refractivity contribution in [3.8, 4) is 0 Å². The zero-order chi connectivity index (χ0) is 18.6. The van der Waals surface area contributed by atoms with Crippen molar-refractivity contribution in [2.45, 2.75) is 29.5 Å². The van der Waals surface area contributed by atoms with Gasteiger partial charge in [-0.2, -0.15) is 4.98 Å². The molecule has 0 atom stereocenters. The van der Waals surface area contributed by atoms with E-state index in [1.807, 2.05) is 29.8 Å². The molecule has 3 aromatic rings. The van der Waals surface area contributed by atoms with Crippen LogP contribution in [0.4, 0.5) is 17.5 Å². The Morgan fingerprint density at radius 3 is 2.74 bits per heavy atom. The highest BCUT2D eigenvalue weighted by molar-refractivity contribution is 7.98. The molecule has 1 aliphatic rings. The predicted octanol–water partition coefficient (Wildman–Crippen LogP) is 3.64. The van der Waals surface area contributed by atoms with Crippen molar-refractivity contribution >= 4 is 46.5 Å². The Morgan fingerprint density at radius 1 is 1.26 bits per heavy atom. The van der Waals surface area contributed by atoms with E-state index >= 15 is 0 Å². The van der Waals surface area contributed by atoms with E-state index in [0.29, 0.717) is 23.4 Å². The van der Waals surface area contributed by atoms with E-state index in [1.165, 1.54) is 6.20 Å². The van der Waals surface area contributed by atoms with Crippen LogP contribution in [0.3, 0.4) is 0 Å². The minimum Gasteiger partial charge on any atom is -0.367 e. The molecule has 0 saturated heterocycles. The molecule has 1 aliphatic carbocycles. The lowest BCUT2D eigenvalue weighted by Gasteiger charge is -2.11. The van der Waals surface area contributed by atoms with E-state index in [0.717, 1.165) is 34.9 Å². The van der Waals surface area contributed by atoms with Gasteiger partial charge >= 0.3 is 0 Å². The standard InChI is InChI=1S/C18H18N6OS2/c19-16(25)15-7-20-18(24-17(15)22-11-1-2-11)23-12-3-5-14(6-4-12)27-9-13-8-26-10-21-13/h3-8,10-11H,1-2,9H2,(H2,19,25)(H2,20,22,23,24). The summed E-state index contributed by atoms with van der Waals surface area (Å²) in [5, 5.41) is 8.46. The summed E-state index contributed by atoms with van der Waals surface area (Å²) in [7, 11) is 0. The second-order valence-electron chi connectivity index (χ2n) is 6.16. The first-order valence-electron chi connectivity index (χ1n) is 8.48. The number of benzene rings is 1. The second-order valence-corrected chi connectivity index (χ2v) is 7.92. The number of carbonyl (C=O) groups excluding carboxylic acids is 1. The van der Waals surface area contributed by atoms with Gasteiger partial charge in [-0.15, -0.1) is 23.1 Å². The summed E-state index contributed by atoms with van der Waals surface area (Å²) in [6, 6.07) is 8.40. The Hall–Kier alpha value is -2.65. The molecular formula is C18H18N6OS2. The SMILES string of the molecule is NC(=O)c1cnc(Nc2ccc(SCc3cscn3)cc2)nc1NC1CC1. The van der Waals surface area contributed by atoms with Crippen LogP contribution in [-0.4, -0.2) is 26.9 Å². The number of primary amides is 1. The van der Waals surface area contributed by atoms with Gasteiger partial charge in [-0.3, -0.25) is 4.79 Å². The lowest BCUT2D eigenvalue weighted by atomic mass is 10.3. The van der Waals surface area contributed by atoms with E-state index in [9.17, 15) is 4.79 Å². The number of nitrogens with one attached hydrogen (secondary N) is 2. The van der Waals surface area contributed by atoms with Gasteiger partial charge in [0.1, 0.15) is 5.82 Å². The molecule has 7 nitrogen and oxygen atoms in total. The first kappa shape index (κ1) is 17.7. The van der Waals surface area contributed by atoms with Crippen molar-refractivity contribution in [1.29, 1.82) is 0 Å². The molecule has 2 heterocycles. The smallest absolute Gasteiger partial charge is 0.254 e. The quantitative estimate of drug-likeness (QED) is 0.497. The van der Waals surface area contributed by atoms with Crippen LogP contribution in [0.2, 0.25) is 0 Å². The first-order chi connectivity index (χ1) is 13.2. The van der Waals surface area contributed by atoms with Gasteiger partial charge < -0.3 is 16.4 Å². The fourth-order valence-electron chi connectivity index (χ4n) is 2.38. The van der Waals surface area contributed by atoms with Crippen LogP contribution < -0.4 is 16.4 Å². The summed E-state index contributed by atoms with van der Waals surface area (Å²) in [5.74, 6) is 1.22. The fourth-order valence-corrected chi connectivity index (χ4v) is 3.85. The van der Waals surface area contributed by atoms with Crippen LogP contribution in [0, 0.1) is 0 Å². The minimum atomic E-state index is -0.536. The van der Waals surface area contributed by atoms with Crippen molar-refractivity contribution in [3.63, 3.8) is 0 Å². The number of carbonyl (C=O) groups is 1. The number of aromatic nitrogens is 3. The average Bonchev–Trinajstić information content (AvgIpc) is 3.32. The lowest BCUT2D eigenvalue weighted by Crippen LogP contribution is -2.17. The summed E-state index contributed by atoms with van der Waals surface area (Å²) >= 11 is 3.35. The Bertz CT molecular complexity index is 926. The van der Waals surface area contributed by atoms with Crippen molar-refractivity contribution in [2.75, 3.05) is 10.6 Å². The van der Waals surface area contributed by atoms with Gasteiger partial charge in [-0.1, -0.05) is 0 Å². The predicted molar refractivity (Wildman–Crippen MR) is 109 cm³/mol. The number of hydrogen-bond acceptors (Lipinski definition) is 8. The third kappa shape index (κ3) is 4.75. The van der Waals surface area contributed by atoms with Crippen LogP contribution in [0.5, 0.6) is 0 Å². The highest BCUT2D eigenvalue weighted by atomic mass is 32.2. The zero-order valence-corrected chi connectivity index (χ0v) is 16.0. The third-order valence-electron chi connectivity index (χ3n) is 3.95. The number of nitrogens with zero attached hydrogens (tertiary/aromatic N) is 3. The summed E-state index contributed by atoms with van der Waals surface area (Å²) in [5.41, 5.74) is 9.52. The highest BCUT2D eigenvalue weighted by Gasteiger charge is 2.24. The molecule has 4 rings (SSSR count). The van der Waals surface area contributed by atoms with Gasteiger partial charge in [0, 0.05) is 34.0 Å². The van der Waals surface area contributed by atoms with Gasteiger partial charge in [0.2, 0.25) is 5.95 Å². The van der Waals surface area contributed by atoms with Gasteiger partial charge in [0.15, 0.2) is 0 Å². The molecule has 0 unspecified atom stereocenters. The molecule has 1 aromatic carbocycles. The number of amides is 1. The molecular weight excluding hydrogens is 380 g/mol. The number of hydrogen-bond donors (Lipinski definition) is 3. The van der Waals surface area contributed by atoms with E-state index in [1.54, 1.807) is 23.1 Å². The summed E-state index contributed by atoms with van der Waals surface area (Å²) in [6.45, 7) is 0. The van der Waals surface area contributed by atoms with Gasteiger partial charge in [-0.05, 0) is 37.1 Å². The van der Waals surface area contributed by atoms with Crippen LogP contribution in [-0.2, 0) is 5.75 Å². The van der Waals surface area contributed by atoms with Gasteiger partial charge in [0.25, 0.3) is 5.91 Å². The topological polar surface area (TPSA) is 106 Å². The van der Waals surface area contributed by atoms with Crippen LogP contribution in [0.15, 0.2) is 46.2 Å². The minimum absolute atomic E-state index is 0.307. The molecule has 9 heteroatoms. The van der Waals surface area contributed by atoms with E-state index in [4.69, 9.17) is 5.73 Å². The Labute approximate surface area is 164 Å².